The smallest absolute Gasteiger partial charge is 0.0273 e. The van der Waals surface area contributed by atoms with E-state index in [0.717, 1.165) is 0 Å². The molecule has 0 aromatic heterocycles. The zero-order valence-electron chi connectivity index (χ0n) is 12.3. The maximum atomic E-state index is 2.31. The standard InChI is InChI=1S/C19H27/c1-2-3-4-5-6-7-8-9-12-17-15-16-18-13-10-11-14-19(17)18/h10-11,13-16H,2-9,12H2,1H3. The first-order valence-electron chi connectivity index (χ1n) is 8.05. The fourth-order valence-electron chi connectivity index (χ4n) is 2.88. The Morgan fingerprint density at radius 3 is 2.21 bits per heavy atom. The van der Waals surface area contributed by atoms with E-state index in [1.807, 2.05) is 0 Å². The van der Waals surface area contributed by atoms with Crippen molar-refractivity contribution >= 4 is 6.08 Å². The SMILES string of the molecule is CCCCCCCCCC[C]1C=Cc2ccccc21. The van der Waals surface area contributed by atoms with Crippen LogP contribution in [-0.4, -0.2) is 0 Å². The molecule has 0 atom stereocenters. The lowest BCUT2D eigenvalue weighted by molar-refractivity contribution is 0.572. The van der Waals surface area contributed by atoms with Crippen molar-refractivity contribution < 1.29 is 0 Å². The number of benzene rings is 1. The van der Waals surface area contributed by atoms with Gasteiger partial charge >= 0.3 is 0 Å². The third kappa shape index (κ3) is 4.53. The summed E-state index contributed by atoms with van der Waals surface area (Å²) in [6, 6.07) is 8.75. The maximum Gasteiger partial charge on any atom is 0.0273 e. The zero-order chi connectivity index (χ0) is 13.3. The quantitative estimate of drug-likeness (QED) is 0.463. The molecule has 0 saturated carbocycles. The number of allylic oxidation sites excluding steroid dienone is 1. The summed E-state index contributed by atoms with van der Waals surface area (Å²) < 4.78 is 0. The van der Waals surface area contributed by atoms with Crippen LogP contribution in [-0.2, 0) is 0 Å². The second-order valence-electron chi connectivity index (χ2n) is 5.67. The van der Waals surface area contributed by atoms with Gasteiger partial charge in [0.15, 0.2) is 0 Å². The normalized spacial score (nSPS) is 13.9. The summed E-state index contributed by atoms with van der Waals surface area (Å²) in [5, 5.41) is 0. The Morgan fingerprint density at radius 1 is 0.737 bits per heavy atom. The average molecular weight is 255 g/mol. The van der Waals surface area contributed by atoms with E-state index in [2.05, 4.69) is 43.3 Å². The fourth-order valence-corrected chi connectivity index (χ4v) is 2.88. The summed E-state index contributed by atoms with van der Waals surface area (Å²) in [6.07, 6.45) is 17.1. The summed E-state index contributed by atoms with van der Waals surface area (Å²) in [7, 11) is 0. The van der Waals surface area contributed by atoms with Gasteiger partial charge in [0.05, 0.1) is 0 Å². The van der Waals surface area contributed by atoms with Gasteiger partial charge in [-0.15, -0.1) is 0 Å². The summed E-state index contributed by atoms with van der Waals surface area (Å²) in [6.45, 7) is 2.28. The highest BCUT2D eigenvalue weighted by Crippen LogP contribution is 2.32. The molecule has 0 saturated heterocycles. The minimum atomic E-state index is 1.25. The highest BCUT2D eigenvalue weighted by Gasteiger charge is 2.16. The number of unbranched alkanes of at least 4 members (excludes halogenated alkanes) is 7. The van der Waals surface area contributed by atoms with Gasteiger partial charge in [-0.3, -0.25) is 0 Å². The topological polar surface area (TPSA) is 0 Å². The Kier molecular flexibility index (Phi) is 6.20. The van der Waals surface area contributed by atoms with Gasteiger partial charge < -0.3 is 0 Å². The van der Waals surface area contributed by atoms with Crippen LogP contribution in [0.1, 0.15) is 75.8 Å². The van der Waals surface area contributed by atoms with Crippen molar-refractivity contribution in [1.29, 1.82) is 0 Å². The molecular weight excluding hydrogens is 228 g/mol. The van der Waals surface area contributed by atoms with Crippen molar-refractivity contribution in [3.05, 3.63) is 47.4 Å². The van der Waals surface area contributed by atoms with Crippen LogP contribution in [0.2, 0.25) is 0 Å². The van der Waals surface area contributed by atoms with Crippen LogP contribution in [0, 0.1) is 5.92 Å². The molecule has 0 spiro atoms. The molecule has 0 N–H and O–H groups in total. The zero-order valence-corrected chi connectivity index (χ0v) is 12.3. The Bertz CT molecular complexity index is 389. The Labute approximate surface area is 118 Å². The van der Waals surface area contributed by atoms with E-state index in [-0.39, 0.29) is 0 Å². The lowest BCUT2D eigenvalue weighted by Crippen LogP contribution is -1.94. The third-order valence-corrected chi connectivity index (χ3v) is 4.07. The van der Waals surface area contributed by atoms with Gasteiger partial charge in [-0.05, 0) is 17.5 Å². The molecule has 1 aromatic carbocycles. The molecule has 103 valence electrons. The molecule has 0 amide bonds. The van der Waals surface area contributed by atoms with Crippen LogP contribution in [0.3, 0.4) is 0 Å². The van der Waals surface area contributed by atoms with E-state index in [4.69, 9.17) is 0 Å². The van der Waals surface area contributed by atoms with E-state index in [0.29, 0.717) is 0 Å². The van der Waals surface area contributed by atoms with Crippen molar-refractivity contribution in [1.82, 2.24) is 0 Å². The van der Waals surface area contributed by atoms with Gasteiger partial charge in [0.2, 0.25) is 0 Å². The van der Waals surface area contributed by atoms with Crippen molar-refractivity contribution in [3.8, 4) is 0 Å². The minimum Gasteiger partial charge on any atom is -0.0721 e. The van der Waals surface area contributed by atoms with Crippen LogP contribution in [0.4, 0.5) is 0 Å². The lowest BCUT2D eigenvalue weighted by Gasteiger charge is -2.09. The number of rotatable bonds is 9. The Balaban J connectivity index is 1.56. The first kappa shape index (κ1) is 14.4. The second kappa shape index (κ2) is 8.19. The molecule has 1 aliphatic rings. The molecule has 1 aliphatic carbocycles. The molecule has 0 unspecified atom stereocenters. The van der Waals surface area contributed by atoms with Gasteiger partial charge in [-0.25, -0.2) is 0 Å². The van der Waals surface area contributed by atoms with Crippen LogP contribution >= 0.6 is 0 Å². The summed E-state index contributed by atoms with van der Waals surface area (Å²) >= 11 is 0. The van der Waals surface area contributed by atoms with Gasteiger partial charge in [0, 0.05) is 5.92 Å². The largest absolute Gasteiger partial charge is 0.0721 e. The molecule has 0 bridgehead atoms. The molecule has 2 rings (SSSR count). The van der Waals surface area contributed by atoms with E-state index in [9.17, 15) is 0 Å². The Hall–Kier alpha value is -1.04. The molecule has 0 heteroatoms. The summed E-state index contributed by atoms with van der Waals surface area (Å²) in [4.78, 5) is 0. The van der Waals surface area contributed by atoms with Gasteiger partial charge in [-0.1, -0.05) is 94.7 Å². The highest BCUT2D eigenvalue weighted by molar-refractivity contribution is 5.68. The van der Waals surface area contributed by atoms with Gasteiger partial charge in [0.25, 0.3) is 0 Å². The van der Waals surface area contributed by atoms with E-state index in [1.54, 1.807) is 5.92 Å². The van der Waals surface area contributed by atoms with Crippen molar-refractivity contribution in [2.75, 3.05) is 0 Å². The molecule has 0 aliphatic heterocycles. The monoisotopic (exact) mass is 255 g/mol. The van der Waals surface area contributed by atoms with Crippen molar-refractivity contribution in [3.63, 3.8) is 0 Å². The van der Waals surface area contributed by atoms with E-state index >= 15 is 0 Å². The van der Waals surface area contributed by atoms with E-state index < -0.39 is 0 Å². The average Bonchev–Trinajstić information content (AvgIpc) is 2.85. The third-order valence-electron chi connectivity index (χ3n) is 4.07. The fraction of sp³-hybridized carbons (Fsp3) is 0.526. The first-order chi connectivity index (χ1) is 9.42. The minimum absolute atomic E-state index is 1.25. The molecule has 1 radical (unpaired) electrons. The molecule has 0 fully saturated rings. The predicted octanol–water partition coefficient (Wildman–Crippen LogP) is 6.17. The molecule has 0 nitrogen and oxygen atoms in total. The second-order valence-corrected chi connectivity index (χ2v) is 5.67. The van der Waals surface area contributed by atoms with Gasteiger partial charge in [0.1, 0.15) is 0 Å². The first-order valence-corrected chi connectivity index (χ1v) is 8.05. The van der Waals surface area contributed by atoms with E-state index in [1.165, 1.54) is 68.9 Å². The predicted molar refractivity (Wildman–Crippen MR) is 85.0 cm³/mol. The molecule has 1 aromatic rings. The van der Waals surface area contributed by atoms with Crippen LogP contribution in [0.15, 0.2) is 30.3 Å². The number of hydrogen-bond acceptors (Lipinski definition) is 0. The van der Waals surface area contributed by atoms with Crippen molar-refractivity contribution in [2.24, 2.45) is 0 Å². The number of fused-ring (bicyclic) bond motifs is 1. The summed E-state index contributed by atoms with van der Waals surface area (Å²) in [5.74, 6) is 1.54. The molecule has 0 heterocycles. The Morgan fingerprint density at radius 2 is 1.42 bits per heavy atom. The van der Waals surface area contributed by atoms with Crippen LogP contribution in [0.25, 0.3) is 6.08 Å². The maximum absolute atomic E-state index is 2.31. The van der Waals surface area contributed by atoms with Crippen LogP contribution in [0.5, 0.6) is 0 Å². The summed E-state index contributed by atoms with van der Waals surface area (Å²) in [5.41, 5.74) is 2.86. The molecular formula is C19H27. The molecule has 19 heavy (non-hydrogen) atoms. The lowest BCUT2D eigenvalue weighted by atomic mass is 9.94. The van der Waals surface area contributed by atoms with Gasteiger partial charge in [-0.2, -0.15) is 0 Å². The van der Waals surface area contributed by atoms with Crippen LogP contribution < -0.4 is 0 Å². The highest BCUT2D eigenvalue weighted by atomic mass is 14.2. The van der Waals surface area contributed by atoms with Crippen molar-refractivity contribution in [2.45, 2.75) is 64.7 Å². The number of hydrogen-bond donors (Lipinski definition) is 0.